The summed E-state index contributed by atoms with van der Waals surface area (Å²) in [5.74, 6) is -2.90. The molecule has 1 unspecified atom stereocenters. The first-order chi connectivity index (χ1) is 18.4. The summed E-state index contributed by atoms with van der Waals surface area (Å²) in [6.45, 7) is 1.62. The number of primary amides is 1. The molecular formula is C26H25ClF3N5O3S. The molecule has 2 aromatic carbocycles. The van der Waals surface area contributed by atoms with E-state index in [1.165, 1.54) is 29.2 Å². The van der Waals surface area contributed by atoms with Gasteiger partial charge in [0.05, 0.1) is 5.92 Å². The van der Waals surface area contributed by atoms with Crippen molar-refractivity contribution in [3.8, 4) is 0 Å². The van der Waals surface area contributed by atoms with Crippen LogP contribution in [0.3, 0.4) is 0 Å². The normalized spacial score (nSPS) is 15.2. The van der Waals surface area contributed by atoms with Gasteiger partial charge in [-0.3, -0.25) is 14.4 Å². The van der Waals surface area contributed by atoms with Crippen LogP contribution in [-0.4, -0.2) is 52.8 Å². The molecule has 2 amide bonds. The van der Waals surface area contributed by atoms with Crippen LogP contribution >= 0.6 is 22.9 Å². The molecule has 1 fully saturated rings. The van der Waals surface area contributed by atoms with E-state index in [4.69, 9.17) is 23.1 Å². The Kier molecular flexibility index (Phi) is 8.17. The molecule has 3 aromatic rings. The molecule has 1 saturated heterocycles. The first kappa shape index (κ1) is 28.4. The number of carbonyl (C=O) groups excluding carboxylic acids is 3. The van der Waals surface area contributed by atoms with E-state index in [0.29, 0.717) is 10.7 Å². The highest BCUT2D eigenvalue weighted by molar-refractivity contribution is 7.18. The van der Waals surface area contributed by atoms with Crippen LogP contribution in [-0.2, 0) is 4.79 Å². The number of piperidine rings is 1. The van der Waals surface area contributed by atoms with Crippen LogP contribution < -0.4 is 16.4 Å². The van der Waals surface area contributed by atoms with Gasteiger partial charge in [-0.25, -0.2) is 4.98 Å². The minimum absolute atomic E-state index is 0.0116. The van der Waals surface area contributed by atoms with E-state index in [9.17, 15) is 27.6 Å². The molecular weight excluding hydrogens is 555 g/mol. The van der Waals surface area contributed by atoms with E-state index in [0.717, 1.165) is 11.3 Å². The lowest BCUT2D eigenvalue weighted by molar-refractivity contribution is -0.183. The summed E-state index contributed by atoms with van der Waals surface area (Å²) in [6.07, 6.45) is -4.54. The van der Waals surface area contributed by atoms with Gasteiger partial charge in [-0.15, -0.1) is 0 Å². The molecule has 8 nitrogen and oxygen atoms in total. The second-order valence-electron chi connectivity index (χ2n) is 9.15. The van der Waals surface area contributed by atoms with Gasteiger partial charge in [0.1, 0.15) is 16.7 Å². The fourth-order valence-electron chi connectivity index (χ4n) is 4.30. The summed E-state index contributed by atoms with van der Waals surface area (Å²) in [5.41, 5.74) is 12.7. The number of hydrogen-bond donors (Lipinski definition) is 2. The molecule has 1 aliphatic heterocycles. The smallest absolute Gasteiger partial charge is 0.382 e. The molecule has 206 valence electrons. The number of amides is 2. The predicted molar refractivity (Wildman–Crippen MR) is 143 cm³/mol. The van der Waals surface area contributed by atoms with E-state index in [1.54, 1.807) is 36.1 Å². The highest BCUT2D eigenvalue weighted by Gasteiger charge is 2.41. The number of aromatic nitrogens is 1. The second kappa shape index (κ2) is 11.2. The van der Waals surface area contributed by atoms with Gasteiger partial charge < -0.3 is 21.3 Å². The Morgan fingerprint density at radius 2 is 1.62 bits per heavy atom. The van der Waals surface area contributed by atoms with E-state index >= 15 is 0 Å². The zero-order valence-electron chi connectivity index (χ0n) is 20.7. The predicted octanol–water partition coefficient (Wildman–Crippen LogP) is 5.04. The zero-order chi connectivity index (χ0) is 28.5. The van der Waals surface area contributed by atoms with Gasteiger partial charge >= 0.3 is 6.18 Å². The summed E-state index contributed by atoms with van der Waals surface area (Å²) in [6, 6.07) is 11.7. The fourth-order valence-corrected chi connectivity index (χ4v) is 5.48. The van der Waals surface area contributed by atoms with Crippen LogP contribution in [0, 0.1) is 5.92 Å². The summed E-state index contributed by atoms with van der Waals surface area (Å²) in [5, 5.41) is 0.770. The summed E-state index contributed by atoms with van der Waals surface area (Å²) in [4.78, 5) is 45.5. The Morgan fingerprint density at radius 1 is 1.05 bits per heavy atom. The molecule has 13 heteroatoms. The summed E-state index contributed by atoms with van der Waals surface area (Å²) < 4.78 is 38.8. The molecule has 1 aromatic heterocycles. The molecule has 0 aliphatic carbocycles. The minimum Gasteiger partial charge on any atom is -0.382 e. The van der Waals surface area contributed by atoms with Crippen molar-refractivity contribution in [2.45, 2.75) is 32.0 Å². The number of nitrogen functional groups attached to an aromatic ring is 1. The van der Waals surface area contributed by atoms with Crippen LogP contribution in [0.2, 0.25) is 5.02 Å². The molecule has 39 heavy (non-hydrogen) atoms. The van der Waals surface area contributed by atoms with Gasteiger partial charge in [0.25, 0.3) is 5.91 Å². The molecule has 0 bridgehead atoms. The first-order valence-corrected chi connectivity index (χ1v) is 13.2. The van der Waals surface area contributed by atoms with Crippen LogP contribution in [0.15, 0.2) is 48.5 Å². The van der Waals surface area contributed by atoms with Crippen molar-refractivity contribution < 1.29 is 27.6 Å². The Hall–Kier alpha value is -3.64. The summed E-state index contributed by atoms with van der Waals surface area (Å²) in [7, 11) is 0. The molecule has 0 spiro atoms. The van der Waals surface area contributed by atoms with Crippen LogP contribution in [0.25, 0.3) is 0 Å². The monoisotopic (exact) mass is 579 g/mol. The number of hydrogen-bond acceptors (Lipinski definition) is 7. The van der Waals surface area contributed by atoms with Gasteiger partial charge in [0.15, 0.2) is 5.13 Å². The van der Waals surface area contributed by atoms with Crippen molar-refractivity contribution in [3.63, 3.8) is 0 Å². The number of nitrogens with two attached hydrogens (primary N) is 2. The molecule has 0 radical (unpaired) electrons. The largest absolute Gasteiger partial charge is 0.391 e. The topological polar surface area (TPSA) is 123 Å². The number of nitrogens with zero attached hydrogens (tertiary/aromatic N) is 3. The third kappa shape index (κ3) is 6.17. The Labute approximate surface area is 231 Å². The lowest BCUT2D eigenvalue weighted by Gasteiger charge is -2.33. The van der Waals surface area contributed by atoms with E-state index < -0.39 is 35.7 Å². The van der Waals surface area contributed by atoms with Gasteiger partial charge in [0.2, 0.25) is 11.7 Å². The minimum atomic E-state index is -4.26. The van der Waals surface area contributed by atoms with Crippen LogP contribution in [0.1, 0.15) is 45.4 Å². The molecule has 4 rings (SSSR count). The van der Waals surface area contributed by atoms with Crippen molar-refractivity contribution in [3.05, 3.63) is 69.6 Å². The van der Waals surface area contributed by atoms with Crippen molar-refractivity contribution in [2.75, 3.05) is 23.7 Å². The van der Waals surface area contributed by atoms with Crippen molar-refractivity contribution in [2.24, 2.45) is 11.7 Å². The maximum Gasteiger partial charge on any atom is 0.391 e. The van der Waals surface area contributed by atoms with Crippen LogP contribution in [0.4, 0.5) is 29.8 Å². The number of alkyl halides is 3. The van der Waals surface area contributed by atoms with Crippen LogP contribution in [0.5, 0.6) is 0 Å². The van der Waals surface area contributed by atoms with E-state index in [2.05, 4.69) is 4.98 Å². The highest BCUT2D eigenvalue weighted by Crippen LogP contribution is 2.37. The highest BCUT2D eigenvalue weighted by atomic mass is 35.5. The van der Waals surface area contributed by atoms with Gasteiger partial charge in [-0.1, -0.05) is 35.1 Å². The maximum absolute atomic E-state index is 13.3. The Morgan fingerprint density at radius 3 is 2.15 bits per heavy atom. The van der Waals surface area contributed by atoms with E-state index in [1.807, 2.05) is 0 Å². The zero-order valence-corrected chi connectivity index (χ0v) is 22.3. The standard InChI is InChI=1S/C26H25ClF3N5O3S/c1-14(23(32)37)35(19-8-6-18(27)7-9-19)25-33-22(31)21(39-25)20(36)15-2-4-16(5-3-15)24(38)34-12-10-17(11-13-34)26(28,29)30/h2-9,14,17H,10-13,31H2,1H3,(H2,32,37). The number of rotatable bonds is 7. The van der Waals surface area contributed by atoms with E-state index in [-0.39, 0.29) is 52.9 Å². The summed E-state index contributed by atoms with van der Waals surface area (Å²) >= 11 is 6.97. The average molecular weight is 580 g/mol. The second-order valence-corrected chi connectivity index (χ2v) is 10.6. The average Bonchev–Trinajstić information content (AvgIpc) is 3.29. The third-order valence-electron chi connectivity index (χ3n) is 6.60. The fraction of sp³-hybridized carbons (Fsp3) is 0.308. The SMILES string of the molecule is CC(C(N)=O)N(c1ccc(Cl)cc1)c1nc(N)c(C(=O)c2ccc(C(=O)N3CCC(C(F)(F)F)CC3)cc2)s1. The lowest BCUT2D eigenvalue weighted by atomic mass is 9.95. The molecule has 4 N–H and O–H groups in total. The Balaban J connectivity index is 1.52. The number of anilines is 3. The number of benzene rings is 2. The van der Waals surface area contributed by atoms with Gasteiger partial charge in [-0.2, -0.15) is 13.2 Å². The number of thiazole rings is 1. The number of halogens is 4. The molecule has 1 atom stereocenters. The maximum atomic E-state index is 13.3. The third-order valence-corrected chi connectivity index (χ3v) is 7.92. The van der Waals surface area contributed by atoms with Gasteiger partial charge in [0, 0.05) is 34.9 Å². The quantitative estimate of drug-likeness (QED) is 0.378. The molecule has 2 heterocycles. The number of ketones is 1. The number of likely N-dealkylation sites (tertiary alicyclic amines) is 1. The van der Waals surface area contributed by atoms with Crippen molar-refractivity contribution in [1.29, 1.82) is 0 Å². The molecule has 0 saturated carbocycles. The first-order valence-electron chi connectivity index (χ1n) is 12.0. The van der Waals surface area contributed by atoms with Crippen molar-refractivity contribution >= 4 is 57.2 Å². The Bertz CT molecular complexity index is 1370. The lowest BCUT2D eigenvalue weighted by Crippen LogP contribution is -2.42. The van der Waals surface area contributed by atoms with Crippen molar-refractivity contribution in [1.82, 2.24) is 9.88 Å². The van der Waals surface area contributed by atoms with Gasteiger partial charge in [-0.05, 0) is 56.2 Å². The molecule has 1 aliphatic rings. The number of carbonyl (C=O) groups is 3.